The Balaban J connectivity index is 1.47. The van der Waals surface area contributed by atoms with Gasteiger partial charge in [0.25, 0.3) is 0 Å². The minimum Gasteiger partial charge on any atom is -0.453 e. The highest BCUT2D eigenvalue weighted by Gasteiger charge is 2.43. The molecule has 4 atom stereocenters. The fraction of sp³-hybridized carbons (Fsp3) is 0.475. The van der Waals surface area contributed by atoms with E-state index in [0.717, 1.165) is 17.7 Å². The van der Waals surface area contributed by atoms with Gasteiger partial charge in [-0.1, -0.05) is 29.8 Å². The van der Waals surface area contributed by atoms with Gasteiger partial charge in [-0.2, -0.15) is 4.31 Å². The summed E-state index contributed by atoms with van der Waals surface area (Å²) in [6, 6.07) is 12.9. The second-order valence-corrected chi connectivity index (χ2v) is 17.4. The van der Waals surface area contributed by atoms with Crippen LogP contribution < -0.4 is 10.6 Å². The molecule has 12 nitrogen and oxygen atoms in total. The number of anilines is 1. The highest BCUT2D eigenvalue weighted by atomic mass is 35.5. The van der Waals surface area contributed by atoms with Crippen LogP contribution in [0.15, 0.2) is 71.6 Å². The van der Waals surface area contributed by atoms with Gasteiger partial charge >= 0.3 is 12.2 Å². The molecule has 2 aliphatic heterocycles. The highest BCUT2D eigenvalue weighted by molar-refractivity contribution is 7.89. The number of nitrogens with one attached hydrogen (secondary N) is 2. The number of benzene rings is 3. The topological polar surface area (TPSA) is 144 Å². The lowest BCUT2D eigenvalue weighted by Gasteiger charge is -2.44. The Morgan fingerprint density at radius 3 is 2.27 bits per heavy atom. The number of alkyl carbamates (subject to hydrolysis) is 1. The Kier molecular flexibility index (Phi) is 14.0. The van der Waals surface area contributed by atoms with Crippen LogP contribution in [0.25, 0.3) is 0 Å². The van der Waals surface area contributed by atoms with Gasteiger partial charge in [0.15, 0.2) is 0 Å². The van der Waals surface area contributed by atoms with Crippen LogP contribution in [0.5, 0.6) is 0 Å². The van der Waals surface area contributed by atoms with Crippen molar-refractivity contribution in [2.75, 3.05) is 38.7 Å². The normalized spacial score (nSPS) is 19.5. The van der Waals surface area contributed by atoms with Crippen LogP contribution in [-0.4, -0.2) is 92.9 Å². The molecule has 3 aromatic carbocycles. The number of hydrogen-bond acceptors (Lipinski definition) is 8. The minimum atomic E-state index is -4.22. The Hall–Kier alpha value is -4.31. The van der Waals surface area contributed by atoms with E-state index in [-0.39, 0.29) is 48.0 Å². The van der Waals surface area contributed by atoms with E-state index in [1.54, 1.807) is 52.0 Å². The molecule has 3 aromatic rings. The average molecular weight is 819 g/mol. The van der Waals surface area contributed by atoms with Gasteiger partial charge < -0.3 is 29.7 Å². The third-order valence-corrected chi connectivity index (χ3v) is 12.3. The summed E-state index contributed by atoms with van der Waals surface area (Å²) in [5, 5.41) is 6.05. The third kappa shape index (κ3) is 10.5. The zero-order valence-electron chi connectivity index (χ0n) is 32.1. The van der Waals surface area contributed by atoms with E-state index < -0.39 is 69.4 Å². The number of amides is 3. The zero-order chi connectivity index (χ0) is 40.8. The van der Waals surface area contributed by atoms with Crippen molar-refractivity contribution in [1.29, 1.82) is 0 Å². The first kappa shape index (κ1) is 42.8. The van der Waals surface area contributed by atoms with Crippen LogP contribution >= 0.6 is 11.6 Å². The second-order valence-electron chi connectivity index (χ2n) is 15.1. The SMILES string of the molecule is COC(=O)N[C@H](C(=O)Nc1cccc(F)c1CC[C@H]1CN(C(=O)OC(C)(C)C)C[C@@H](C)N1S(=O)(=O)c1ccc(F)cc1)C(c1ccc(Cl)cc1)C1CCOCC1. The summed E-state index contributed by atoms with van der Waals surface area (Å²) in [7, 11) is -3.03. The predicted octanol–water partition coefficient (Wildman–Crippen LogP) is 7.12. The molecule has 2 fully saturated rings. The van der Waals surface area contributed by atoms with Crippen molar-refractivity contribution >= 4 is 45.4 Å². The molecule has 0 aromatic heterocycles. The standard InChI is InChI=1S/C40H49ClF2N4O8S/c1-25-23-46(39(50)55-40(2,3)4)24-30(47(25)56(51,52)31-16-13-29(42)14-17-31)15-18-32-33(43)7-6-8-34(32)44-37(48)36(45-38(49)53-5)35(27-19-21-54-22-20-27)26-9-11-28(41)12-10-26/h6-14,16-17,25,27,30,35-36H,15,18-24H2,1-5H3,(H,44,48)(H,45,49)/t25-,30+,35?,36+/m1/s1. The van der Waals surface area contributed by atoms with Crippen LogP contribution in [0, 0.1) is 17.6 Å². The third-order valence-electron chi connectivity index (χ3n) is 9.98. The molecule has 0 spiro atoms. The van der Waals surface area contributed by atoms with E-state index in [1.807, 2.05) is 0 Å². The maximum Gasteiger partial charge on any atom is 0.410 e. The number of methoxy groups -OCH3 is 1. The molecule has 1 unspecified atom stereocenters. The van der Waals surface area contributed by atoms with E-state index in [1.165, 1.54) is 46.6 Å². The van der Waals surface area contributed by atoms with Crippen molar-refractivity contribution in [3.63, 3.8) is 0 Å². The van der Waals surface area contributed by atoms with Gasteiger partial charge in [0.05, 0.1) is 12.0 Å². The molecule has 2 aliphatic rings. The molecular formula is C40H49ClF2N4O8S. The first-order chi connectivity index (χ1) is 26.5. The van der Waals surface area contributed by atoms with Gasteiger partial charge in [-0.15, -0.1) is 0 Å². The van der Waals surface area contributed by atoms with Crippen molar-refractivity contribution in [2.24, 2.45) is 5.92 Å². The lowest BCUT2D eigenvalue weighted by molar-refractivity contribution is -0.119. The van der Waals surface area contributed by atoms with Crippen LogP contribution in [0.1, 0.15) is 64.0 Å². The fourth-order valence-corrected chi connectivity index (χ4v) is 9.43. The molecule has 0 aliphatic carbocycles. The summed E-state index contributed by atoms with van der Waals surface area (Å²) in [6.07, 6.45) is -0.277. The van der Waals surface area contributed by atoms with Gasteiger partial charge in [-0.25, -0.2) is 26.8 Å². The minimum absolute atomic E-state index is 0.0172. The summed E-state index contributed by atoms with van der Waals surface area (Å²) in [6.45, 7) is 7.70. The van der Waals surface area contributed by atoms with Crippen molar-refractivity contribution in [1.82, 2.24) is 14.5 Å². The molecule has 5 rings (SSSR count). The van der Waals surface area contributed by atoms with Crippen molar-refractivity contribution in [3.8, 4) is 0 Å². The molecule has 3 amide bonds. The van der Waals surface area contributed by atoms with Crippen LogP contribution in [0.4, 0.5) is 24.1 Å². The number of carbonyl (C=O) groups is 3. The summed E-state index contributed by atoms with van der Waals surface area (Å²) < 4.78 is 75.3. The average Bonchev–Trinajstić information content (AvgIpc) is 3.14. The maximum atomic E-state index is 15.9. The first-order valence-electron chi connectivity index (χ1n) is 18.5. The molecule has 0 bridgehead atoms. The number of piperazine rings is 1. The van der Waals surface area contributed by atoms with Crippen LogP contribution in [0.2, 0.25) is 5.02 Å². The summed E-state index contributed by atoms with van der Waals surface area (Å²) >= 11 is 6.20. The Morgan fingerprint density at radius 2 is 1.64 bits per heavy atom. The lowest BCUT2D eigenvalue weighted by atomic mass is 9.76. The Bertz CT molecular complexity index is 1960. The smallest absolute Gasteiger partial charge is 0.410 e. The van der Waals surface area contributed by atoms with Gasteiger partial charge in [-0.3, -0.25) is 4.79 Å². The molecule has 16 heteroatoms. The Morgan fingerprint density at radius 1 is 0.982 bits per heavy atom. The monoisotopic (exact) mass is 818 g/mol. The van der Waals surface area contributed by atoms with Gasteiger partial charge in [0.1, 0.15) is 23.3 Å². The fourth-order valence-electron chi connectivity index (χ4n) is 7.48. The van der Waals surface area contributed by atoms with E-state index >= 15 is 4.39 Å². The molecule has 304 valence electrons. The largest absolute Gasteiger partial charge is 0.453 e. The molecule has 0 radical (unpaired) electrons. The molecule has 2 N–H and O–H groups in total. The molecular weight excluding hydrogens is 770 g/mol. The van der Waals surface area contributed by atoms with E-state index in [4.69, 9.17) is 25.8 Å². The summed E-state index contributed by atoms with van der Waals surface area (Å²) in [5.74, 6) is -2.51. The first-order valence-corrected chi connectivity index (χ1v) is 20.3. The van der Waals surface area contributed by atoms with Crippen molar-refractivity contribution < 1.29 is 45.8 Å². The number of halogens is 3. The Labute approximate surface area is 331 Å². The van der Waals surface area contributed by atoms with E-state index in [9.17, 15) is 27.2 Å². The molecule has 2 saturated heterocycles. The van der Waals surface area contributed by atoms with Gasteiger partial charge in [-0.05, 0) is 113 Å². The summed E-state index contributed by atoms with van der Waals surface area (Å²) in [4.78, 5) is 41.6. The molecule has 0 saturated carbocycles. The van der Waals surface area contributed by atoms with E-state index in [0.29, 0.717) is 31.1 Å². The number of ether oxygens (including phenoxy) is 3. The quantitative estimate of drug-likeness (QED) is 0.208. The van der Waals surface area contributed by atoms with Crippen LogP contribution in [0.3, 0.4) is 0 Å². The van der Waals surface area contributed by atoms with Gasteiger partial charge in [0.2, 0.25) is 15.9 Å². The zero-order valence-corrected chi connectivity index (χ0v) is 33.7. The highest BCUT2D eigenvalue weighted by Crippen LogP contribution is 2.37. The van der Waals surface area contributed by atoms with Crippen LogP contribution in [-0.2, 0) is 35.4 Å². The second kappa shape index (κ2) is 18.3. The van der Waals surface area contributed by atoms with Gasteiger partial charge in [0, 0.05) is 60.6 Å². The number of hydrogen-bond donors (Lipinski definition) is 2. The molecule has 56 heavy (non-hydrogen) atoms. The van der Waals surface area contributed by atoms with Crippen molar-refractivity contribution in [3.05, 3.63) is 94.5 Å². The maximum absolute atomic E-state index is 15.9. The molecule has 2 heterocycles. The lowest BCUT2D eigenvalue weighted by Crippen LogP contribution is -2.61. The summed E-state index contributed by atoms with van der Waals surface area (Å²) in [5.41, 5.74) is 0.147. The van der Waals surface area contributed by atoms with Crippen molar-refractivity contribution in [2.45, 2.75) is 87.9 Å². The van der Waals surface area contributed by atoms with E-state index in [2.05, 4.69) is 10.6 Å². The number of nitrogens with zero attached hydrogens (tertiary/aromatic N) is 2. The number of rotatable bonds is 11. The number of carbonyl (C=O) groups excluding carboxylic acids is 3. The number of sulfonamides is 1. The predicted molar refractivity (Wildman–Crippen MR) is 207 cm³/mol.